The van der Waals surface area contributed by atoms with Gasteiger partial charge in [-0.1, -0.05) is 33.3 Å². The maximum Gasteiger partial charge on any atom is 0.350 e. The van der Waals surface area contributed by atoms with Gasteiger partial charge in [-0.15, -0.1) is 0 Å². The Morgan fingerprint density at radius 2 is 2.04 bits per heavy atom. The third-order valence-electron chi connectivity index (χ3n) is 3.86. The number of unbranched alkanes of at least 4 members (excludes halogenated alkanes) is 1. The van der Waals surface area contributed by atoms with Gasteiger partial charge in [0.2, 0.25) is 5.88 Å². The Labute approximate surface area is 167 Å². The zero-order valence-corrected chi connectivity index (χ0v) is 17.3. The number of hydrogen-bond acceptors (Lipinski definition) is 7. The fourth-order valence-corrected chi connectivity index (χ4v) is 2.33. The first-order valence-corrected chi connectivity index (χ1v) is 9.74. The molecule has 0 aliphatic carbocycles. The molecule has 154 valence electrons. The van der Waals surface area contributed by atoms with Crippen molar-refractivity contribution >= 4 is 5.97 Å². The van der Waals surface area contributed by atoms with Gasteiger partial charge in [-0.2, -0.15) is 5.26 Å². The van der Waals surface area contributed by atoms with Crippen LogP contribution in [0, 0.1) is 17.2 Å². The van der Waals surface area contributed by atoms with E-state index in [0.717, 1.165) is 18.4 Å². The van der Waals surface area contributed by atoms with Crippen LogP contribution in [-0.2, 0) is 20.8 Å². The Kier molecular flexibility index (Phi) is 11.4. The van der Waals surface area contributed by atoms with Crippen molar-refractivity contribution in [3.8, 4) is 11.9 Å². The molecule has 0 aliphatic rings. The van der Waals surface area contributed by atoms with Gasteiger partial charge in [-0.3, -0.25) is 0 Å². The minimum absolute atomic E-state index is 0.0148. The molecule has 0 radical (unpaired) electrons. The fraction of sp³-hybridized carbons (Fsp3) is 0.571. The lowest BCUT2D eigenvalue weighted by Gasteiger charge is -2.16. The standard InChI is InChI=1S/C21H31N3O4/c1-5-7-10-27-19-9-8-17(14-23-19)15-24-20(16(3)4)18(13-22)21(25)28-12-11-26-6-2/h8-9,14,16,24H,5-7,10-12,15H2,1-4H3/b20-18-. The number of carbonyl (C=O) groups is 1. The van der Waals surface area contributed by atoms with Crippen LogP contribution in [0.5, 0.6) is 5.88 Å². The summed E-state index contributed by atoms with van der Waals surface area (Å²) < 4.78 is 15.8. The van der Waals surface area contributed by atoms with Crippen LogP contribution in [0.4, 0.5) is 0 Å². The molecular formula is C21H31N3O4. The molecule has 0 fully saturated rings. The lowest BCUT2D eigenvalue weighted by atomic mass is 10.0. The SMILES string of the molecule is CCCCOc1ccc(CN/C(=C(/C#N)C(=O)OCCOCC)C(C)C)cn1. The number of esters is 1. The van der Waals surface area contributed by atoms with E-state index >= 15 is 0 Å². The monoisotopic (exact) mass is 389 g/mol. The van der Waals surface area contributed by atoms with Crippen LogP contribution in [0.2, 0.25) is 0 Å². The van der Waals surface area contributed by atoms with Crippen LogP contribution in [-0.4, -0.2) is 37.4 Å². The first kappa shape index (κ1) is 23.4. The lowest BCUT2D eigenvalue weighted by molar-refractivity contribution is -0.140. The average Bonchev–Trinajstić information content (AvgIpc) is 2.69. The molecule has 0 unspecified atom stereocenters. The number of carbonyl (C=O) groups excluding carboxylic acids is 1. The minimum atomic E-state index is -0.642. The van der Waals surface area contributed by atoms with E-state index in [0.29, 0.717) is 37.9 Å². The van der Waals surface area contributed by atoms with Gasteiger partial charge in [0.15, 0.2) is 5.57 Å². The van der Waals surface area contributed by atoms with Crippen molar-refractivity contribution in [3.63, 3.8) is 0 Å². The van der Waals surface area contributed by atoms with Crippen LogP contribution in [0.3, 0.4) is 0 Å². The summed E-state index contributed by atoms with van der Waals surface area (Å²) in [5, 5.41) is 12.6. The number of aromatic nitrogens is 1. The van der Waals surface area contributed by atoms with E-state index in [4.69, 9.17) is 14.2 Å². The van der Waals surface area contributed by atoms with Crippen molar-refractivity contribution in [3.05, 3.63) is 35.2 Å². The molecule has 0 aromatic carbocycles. The lowest BCUT2D eigenvalue weighted by Crippen LogP contribution is -2.23. The van der Waals surface area contributed by atoms with Gasteiger partial charge < -0.3 is 19.5 Å². The second kappa shape index (κ2) is 13.6. The molecule has 0 spiro atoms. The van der Waals surface area contributed by atoms with Gasteiger partial charge in [-0.25, -0.2) is 9.78 Å². The third-order valence-corrected chi connectivity index (χ3v) is 3.86. The molecule has 1 aromatic heterocycles. The number of pyridine rings is 1. The second-order valence-corrected chi connectivity index (χ2v) is 6.45. The van der Waals surface area contributed by atoms with Gasteiger partial charge in [-0.05, 0) is 24.8 Å². The number of hydrogen-bond donors (Lipinski definition) is 1. The number of allylic oxidation sites excluding steroid dienone is 1. The molecule has 0 aliphatic heterocycles. The highest BCUT2D eigenvalue weighted by Gasteiger charge is 2.19. The summed E-state index contributed by atoms with van der Waals surface area (Å²) in [5.74, 6) is -0.0951. The quantitative estimate of drug-likeness (QED) is 0.239. The highest BCUT2D eigenvalue weighted by Crippen LogP contribution is 2.15. The molecule has 0 saturated heterocycles. The fourth-order valence-electron chi connectivity index (χ4n) is 2.33. The summed E-state index contributed by atoms with van der Waals surface area (Å²) in [6.45, 7) is 9.86. The van der Waals surface area contributed by atoms with E-state index in [9.17, 15) is 10.1 Å². The number of nitrogens with zero attached hydrogens (tertiary/aromatic N) is 2. The highest BCUT2D eigenvalue weighted by molar-refractivity contribution is 5.93. The van der Waals surface area contributed by atoms with Gasteiger partial charge in [0.05, 0.1) is 13.2 Å². The minimum Gasteiger partial charge on any atom is -0.478 e. The molecule has 0 bridgehead atoms. The number of nitriles is 1. The molecule has 7 heteroatoms. The second-order valence-electron chi connectivity index (χ2n) is 6.45. The summed E-state index contributed by atoms with van der Waals surface area (Å²) in [6, 6.07) is 5.69. The first-order chi connectivity index (χ1) is 13.5. The molecule has 7 nitrogen and oxygen atoms in total. The predicted octanol–water partition coefficient (Wildman–Crippen LogP) is 3.36. The Morgan fingerprint density at radius 1 is 1.25 bits per heavy atom. The maximum absolute atomic E-state index is 12.2. The van der Waals surface area contributed by atoms with Crippen LogP contribution < -0.4 is 10.1 Å². The van der Waals surface area contributed by atoms with E-state index in [1.54, 1.807) is 6.20 Å². The van der Waals surface area contributed by atoms with Gasteiger partial charge in [0.25, 0.3) is 0 Å². The van der Waals surface area contributed by atoms with E-state index in [2.05, 4.69) is 17.2 Å². The maximum atomic E-state index is 12.2. The smallest absolute Gasteiger partial charge is 0.350 e. The Hall–Kier alpha value is -2.59. The Balaban J connectivity index is 2.73. The zero-order valence-electron chi connectivity index (χ0n) is 17.3. The molecule has 1 aromatic rings. The van der Waals surface area contributed by atoms with Gasteiger partial charge in [0.1, 0.15) is 12.7 Å². The summed E-state index contributed by atoms with van der Waals surface area (Å²) in [6.07, 6.45) is 3.78. The summed E-state index contributed by atoms with van der Waals surface area (Å²) in [5.41, 5.74) is 1.45. The molecule has 1 rings (SSSR count). The van der Waals surface area contributed by atoms with Crippen molar-refractivity contribution in [2.75, 3.05) is 26.4 Å². The zero-order chi connectivity index (χ0) is 20.8. The molecule has 1 heterocycles. The van der Waals surface area contributed by atoms with E-state index in [-0.39, 0.29) is 18.1 Å². The number of rotatable bonds is 13. The van der Waals surface area contributed by atoms with Crippen LogP contribution >= 0.6 is 0 Å². The normalized spacial score (nSPS) is 11.6. The molecule has 1 N–H and O–H groups in total. The van der Waals surface area contributed by atoms with Crippen molar-refractivity contribution in [2.45, 2.75) is 47.1 Å². The van der Waals surface area contributed by atoms with Crippen LogP contribution in [0.25, 0.3) is 0 Å². The Morgan fingerprint density at radius 3 is 2.61 bits per heavy atom. The molecule has 28 heavy (non-hydrogen) atoms. The Bertz CT molecular complexity index is 663. The topological polar surface area (TPSA) is 93.5 Å². The first-order valence-electron chi connectivity index (χ1n) is 9.74. The van der Waals surface area contributed by atoms with Crippen molar-refractivity contribution in [1.29, 1.82) is 5.26 Å². The largest absolute Gasteiger partial charge is 0.478 e. The number of ether oxygens (including phenoxy) is 3. The summed E-state index contributed by atoms with van der Waals surface area (Å²) in [7, 11) is 0. The number of nitrogens with one attached hydrogen (secondary N) is 1. The van der Waals surface area contributed by atoms with Crippen molar-refractivity contribution < 1.29 is 19.0 Å². The van der Waals surface area contributed by atoms with Crippen LogP contribution in [0.15, 0.2) is 29.6 Å². The van der Waals surface area contributed by atoms with E-state index in [1.807, 2.05) is 39.0 Å². The van der Waals surface area contributed by atoms with Gasteiger partial charge >= 0.3 is 5.97 Å². The van der Waals surface area contributed by atoms with Crippen LogP contribution in [0.1, 0.15) is 46.1 Å². The highest BCUT2D eigenvalue weighted by atomic mass is 16.6. The summed E-state index contributed by atoms with van der Waals surface area (Å²) in [4.78, 5) is 16.5. The molecule has 0 saturated carbocycles. The average molecular weight is 389 g/mol. The van der Waals surface area contributed by atoms with E-state index in [1.165, 1.54) is 0 Å². The molecule has 0 atom stereocenters. The molecule has 0 amide bonds. The van der Waals surface area contributed by atoms with Crippen molar-refractivity contribution in [1.82, 2.24) is 10.3 Å². The third kappa shape index (κ3) is 8.40. The van der Waals surface area contributed by atoms with E-state index < -0.39 is 5.97 Å². The van der Waals surface area contributed by atoms with Crippen molar-refractivity contribution in [2.24, 2.45) is 5.92 Å². The molecular weight excluding hydrogens is 358 g/mol. The summed E-state index contributed by atoms with van der Waals surface area (Å²) >= 11 is 0. The van der Waals surface area contributed by atoms with Gasteiger partial charge in [0, 0.05) is 31.1 Å². The predicted molar refractivity (Wildman–Crippen MR) is 106 cm³/mol.